The lowest BCUT2D eigenvalue weighted by Gasteiger charge is -1.89. The van der Waals surface area contributed by atoms with Gasteiger partial charge in [-0.05, 0) is 25.7 Å². The molecule has 0 aliphatic heterocycles. The summed E-state index contributed by atoms with van der Waals surface area (Å²) in [7, 11) is 0. The predicted octanol–water partition coefficient (Wildman–Crippen LogP) is 3.45. The Morgan fingerprint density at radius 2 is 2.50 bits per heavy atom. The fourth-order valence-electron chi connectivity index (χ4n) is 1.25. The molecule has 10 heavy (non-hydrogen) atoms. The first-order valence-electron chi connectivity index (χ1n) is 4.29. The SMILES string of the molecule is CCCC=CC1=CCCC1. The van der Waals surface area contributed by atoms with Gasteiger partial charge in [-0.25, -0.2) is 0 Å². The first kappa shape index (κ1) is 7.59. The van der Waals surface area contributed by atoms with Gasteiger partial charge in [0.25, 0.3) is 0 Å². The van der Waals surface area contributed by atoms with Crippen LogP contribution in [0.4, 0.5) is 0 Å². The van der Waals surface area contributed by atoms with E-state index in [1.54, 1.807) is 5.57 Å². The van der Waals surface area contributed by atoms with Crippen molar-refractivity contribution in [2.75, 3.05) is 0 Å². The maximum absolute atomic E-state index is 2.35. The molecule has 56 valence electrons. The Hall–Kier alpha value is -0.520. The Kier molecular flexibility index (Phi) is 3.28. The van der Waals surface area contributed by atoms with Gasteiger partial charge >= 0.3 is 0 Å². The van der Waals surface area contributed by atoms with Crippen LogP contribution in [-0.4, -0.2) is 0 Å². The summed E-state index contributed by atoms with van der Waals surface area (Å²) in [5.74, 6) is 0. The highest BCUT2D eigenvalue weighted by molar-refractivity contribution is 5.21. The zero-order chi connectivity index (χ0) is 7.23. The Labute approximate surface area is 63.6 Å². The van der Waals surface area contributed by atoms with Crippen molar-refractivity contribution in [1.82, 2.24) is 0 Å². The van der Waals surface area contributed by atoms with Crippen LogP contribution in [0.15, 0.2) is 23.8 Å². The maximum Gasteiger partial charge on any atom is -0.0279 e. The number of hydrogen-bond acceptors (Lipinski definition) is 0. The monoisotopic (exact) mass is 136 g/mol. The highest BCUT2D eigenvalue weighted by atomic mass is 14.0. The second-order valence-corrected chi connectivity index (χ2v) is 2.86. The third kappa shape index (κ3) is 2.38. The molecule has 0 aromatic rings. The van der Waals surface area contributed by atoms with Crippen molar-refractivity contribution < 1.29 is 0 Å². The van der Waals surface area contributed by atoms with Crippen molar-refractivity contribution in [1.29, 1.82) is 0 Å². The molecule has 0 atom stereocenters. The minimum absolute atomic E-state index is 1.23. The average Bonchev–Trinajstić information content (AvgIpc) is 2.41. The van der Waals surface area contributed by atoms with E-state index in [1.165, 1.54) is 32.1 Å². The van der Waals surface area contributed by atoms with Gasteiger partial charge in [0.15, 0.2) is 0 Å². The summed E-state index contributed by atoms with van der Waals surface area (Å²) in [5, 5.41) is 0. The van der Waals surface area contributed by atoms with Crippen LogP contribution < -0.4 is 0 Å². The minimum atomic E-state index is 1.23. The van der Waals surface area contributed by atoms with Crippen molar-refractivity contribution in [2.45, 2.75) is 39.0 Å². The van der Waals surface area contributed by atoms with E-state index >= 15 is 0 Å². The summed E-state index contributed by atoms with van der Waals surface area (Å²) in [6, 6.07) is 0. The van der Waals surface area contributed by atoms with Gasteiger partial charge in [-0.15, -0.1) is 0 Å². The van der Waals surface area contributed by atoms with Gasteiger partial charge in [0.05, 0.1) is 0 Å². The molecule has 1 aliphatic rings. The molecule has 0 spiro atoms. The molecule has 0 aromatic heterocycles. The van der Waals surface area contributed by atoms with E-state index in [2.05, 4.69) is 25.2 Å². The molecule has 0 bridgehead atoms. The highest BCUT2D eigenvalue weighted by Crippen LogP contribution is 2.18. The first-order chi connectivity index (χ1) is 4.93. The van der Waals surface area contributed by atoms with Crippen molar-refractivity contribution >= 4 is 0 Å². The fourth-order valence-corrected chi connectivity index (χ4v) is 1.25. The molecule has 0 saturated carbocycles. The molecule has 0 heterocycles. The summed E-state index contributed by atoms with van der Waals surface area (Å²) in [6.45, 7) is 2.22. The molecule has 0 aromatic carbocycles. The molecular weight excluding hydrogens is 120 g/mol. The highest BCUT2D eigenvalue weighted by Gasteiger charge is 1.98. The van der Waals surface area contributed by atoms with E-state index in [9.17, 15) is 0 Å². The van der Waals surface area contributed by atoms with Gasteiger partial charge in [-0.2, -0.15) is 0 Å². The zero-order valence-corrected chi connectivity index (χ0v) is 6.77. The lowest BCUT2D eigenvalue weighted by Crippen LogP contribution is -1.68. The zero-order valence-electron chi connectivity index (χ0n) is 6.77. The van der Waals surface area contributed by atoms with Crippen LogP contribution in [0.5, 0.6) is 0 Å². The van der Waals surface area contributed by atoms with Crippen LogP contribution >= 0.6 is 0 Å². The molecule has 1 rings (SSSR count). The summed E-state index contributed by atoms with van der Waals surface area (Å²) in [4.78, 5) is 0. The topological polar surface area (TPSA) is 0 Å². The average molecular weight is 136 g/mol. The van der Waals surface area contributed by atoms with Gasteiger partial charge in [-0.3, -0.25) is 0 Å². The Morgan fingerprint density at radius 3 is 3.10 bits per heavy atom. The van der Waals surface area contributed by atoms with E-state index in [0.717, 1.165) is 0 Å². The van der Waals surface area contributed by atoms with Crippen molar-refractivity contribution in [2.24, 2.45) is 0 Å². The molecular formula is C10H16. The van der Waals surface area contributed by atoms with Gasteiger partial charge in [-0.1, -0.05) is 37.1 Å². The second kappa shape index (κ2) is 4.32. The Morgan fingerprint density at radius 1 is 1.60 bits per heavy atom. The van der Waals surface area contributed by atoms with Gasteiger partial charge in [0, 0.05) is 0 Å². The minimum Gasteiger partial charge on any atom is -0.0843 e. The van der Waals surface area contributed by atoms with Crippen molar-refractivity contribution in [3.05, 3.63) is 23.8 Å². The number of rotatable bonds is 3. The Bertz CT molecular complexity index is 140. The molecule has 0 radical (unpaired) electrons. The fraction of sp³-hybridized carbons (Fsp3) is 0.600. The van der Waals surface area contributed by atoms with Crippen LogP contribution in [0, 0.1) is 0 Å². The lowest BCUT2D eigenvalue weighted by molar-refractivity contribution is 0.912. The van der Waals surface area contributed by atoms with E-state index in [-0.39, 0.29) is 0 Å². The van der Waals surface area contributed by atoms with Crippen LogP contribution in [0.3, 0.4) is 0 Å². The van der Waals surface area contributed by atoms with E-state index in [0.29, 0.717) is 0 Å². The Balaban J connectivity index is 2.23. The molecule has 1 aliphatic carbocycles. The van der Waals surface area contributed by atoms with Crippen molar-refractivity contribution in [3.8, 4) is 0 Å². The van der Waals surface area contributed by atoms with Gasteiger partial charge < -0.3 is 0 Å². The normalized spacial score (nSPS) is 18.3. The smallest absolute Gasteiger partial charge is 0.0279 e. The van der Waals surface area contributed by atoms with Crippen molar-refractivity contribution in [3.63, 3.8) is 0 Å². The molecule has 0 amide bonds. The van der Waals surface area contributed by atoms with E-state index < -0.39 is 0 Å². The lowest BCUT2D eigenvalue weighted by atomic mass is 10.2. The molecule has 0 unspecified atom stereocenters. The van der Waals surface area contributed by atoms with Crippen LogP contribution in [0.1, 0.15) is 39.0 Å². The van der Waals surface area contributed by atoms with Crippen LogP contribution in [0.2, 0.25) is 0 Å². The van der Waals surface area contributed by atoms with Crippen LogP contribution in [-0.2, 0) is 0 Å². The molecule has 0 heteroatoms. The predicted molar refractivity (Wildman–Crippen MR) is 46.0 cm³/mol. The second-order valence-electron chi connectivity index (χ2n) is 2.86. The van der Waals surface area contributed by atoms with E-state index in [4.69, 9.17) is 0 Å². The number of allylic oxidation sites excluding steroid dienone is 4. The molecule has 0 nitrogen and oxygen atoms in total. The summed E-state index contributed by atoms with van der Waals surface area (Å²) < 4.78 is 0. The number of unbranched alkanes of at least 4 members (excludes halogenated alkanes) is 1. The largest absolute Gasteiger partial charge is 0.0843 e. The maximum atomic E-state index is 2.35. The third-order valence-corrected chi connectivity index (χ3v) is 1.86. The molecule has 0 saturated heterocycles. The first-order valence-corrected chi connectivity index (χ1v) is 4.29. The summed E-state index contributed by atoms with van der Waals surface area (Å²) in [6.07, 6.45) is 13.4. The number of hydrogen-bond donors (Lipinski definition) is 0. The molecule has 0 N–H and O–H groups in total. The summed E-state index contributed by atoms with van der Waals surface area (Å²) in [5.41, 5.74) is 1.55. The quantitative estimate of drug-likeness (QED) is 0.557. The standard InChI is InChI=1S/C10H16/c1-2-3-4-7-10-8-5-6-9-10/h4,7-8H,2-3,5-6,9H2,1H3. The summed E-state index contributed by atoms with van der Waals surface area (Å²) >= 11 is 0. The van der Waals surface area contributed by atoms with Gasteiger partial charge in [0.2, 0.25) is 0 Å². The van der Waals surface area contributed by atoms with Gasteiger partial charge in [0.1, 0.15) is 0 Å². The van der Waals surface area contributed by atoms with Crippen LogP contribution in [0.25, 0.3) is 0 Å². The third-order valence-electron chi connectivity index (χ3n) is 1.86. The molecule has 0 fully saturated rings. The van der Waals surface area contributed by atoms with E-state index in [1.807, 2.05) is 0 Å².